The van der Waals surface area contributed by atoms with Crippen molar-refractivity contribution >= 4 is 35.1 Å². The Morgan fingerprint density at radius 1 is 1.19 bits per heavy atom. The minimum absolute atomic E-state index is 0.0342. The second kappa shape index (κ2) is 9.14. The molecule has 0 heterocycles. The van der Waals surface area contributed by atoms with Gasteiger partial charge in [0.2, 0.25) is 11.4 Å². The fourth-order valence-electron chi connectivity index (χ4n) is 2.26. The van der Waals surface area contributed by atoms with Gasteiger partial charge in [-0.2, -0.15) is 0 Å². The van der Waals surface area contributed by atoms with Crippen LogP contribution in [0.25, 0.3) is 0 Å². The van der Waals surface area contributed by atoms with Gasteiger partial charge in [-0.1, -0.05) is 17.7 Å². The van der Waals surface area contributed by atoms with Crippen molar-refractivity contribution in [3.05, 3.63) is 38.9 Å². The van der Waals surface area contributed by atoms with Gasteiger partial charge in [-0.3, -0.25) is 14.9 Å². The summed E-state index contributed by atoms with van der Waals surface area (Å²) < 4.78 is 9.89. The number of esters is 2. The second-order valence-corrected chi connectivity index (χ2v) is 5.64. The summed E-state index contributed by atoms with van der Waals surface area (Å²) in [7, 11) is 0. The van der Waals surface area contributed by atoms with Crippen LogP contribution in [0.15, 0.2) is 18.2 Å². The van der Waals surface area contributed by atoms with Crippen LogP contribution in [0.1, 0.15) is 26.3 Å². The molecule has 0 fully saturated rings. The smallest absolute Gasteiger partial charge is 0.344 e. The molecule has 1 aromatic carbocycles. The molecule has 26 heavy (non-hydrogen) atoms. The van der Waals surface area contributed by atoms with E-state index in [4.69, 9.17) is 21.1 Å². The lowest BCUT2D eigenvalue weighted by molar-refractivity contribution is -0.384. The Morgan fingerprint density at radius 2 is 1.73 bits per heavy atom. The number of nitro groups is 1. The number of ether oxygens (including phenoxy) is 2. The molecule has 1 amide bonds. The molecule has 0 aliphatic carbocycles. The Morgan fingerprint density at radius 3 is 2.12 bits per heavy atom. The van der Waals surface area contributed by atoms with E-state index in [0.29, 0.717) is 0 Å². The van der Waals surface area contributed by atoms with Crippen molar-refractivity contribution in [3.8, 4) is 0 Å². The minimum atomic E-state index is -2.16. The summed E-state index contributed by atoms with van der Waals surface area (Å²) in [5.41, 5.74) is -2.18. The summed E-state index contributed by atoms with van der Waals surface area (Å²) in [5, 5.41) is 13.1. The Hall–Kier alpha value is -2.68. The summed E-state index contributed by atoms with van der Waals surface area (Å²) in [5.74, 6) is -2.68. The highest BCUT2D eigenvalue weighted by Crippen LogP contribution is 2.27. The van der Waals surface area contributed by atoms with Gasteiger partial charge in [0.05, 0.1) is 23.2 Å². The van der Waals surface area contributed by atoms with Crippen LogP contribution >= 0.6 is 11.6 Å². The van der Waals surface area contributed by atoms with Crippen LogP contribution in [0, 0.1) is 10.1 Å². The number of hydrogen-bond donors (Lipinski definition) is 1. The zero-order valence-electron chi connectivity index (χ0n) is 14.5. The summed E-state index contributed by atoms with van der Waals surface area (Å²) in [6.45, 7) is 4.15. The number of nitro benzene ring substituents is 1. The van der Waals surface area contributed by atoms with Crippen molar-refractivity contribution in [3.63, 3.8) is 0 Å². The number of nitrogens with zero attached hydrogens (tertiary/aromatic N) is 1. The van der Waals surface area contributed by atoms with Crippen LogP contribution in [0.3, 0.4) is 0 Å². The van der Waals surface area contributed by atoms with Gasteiger partial charge in [-0.25, -0.2) is 9.59 Å². The van der Waals surface area contributed by atoms with Gasteiger partial charge in [0.1, 0.15) is 0 Å². The zero-order chi connectivity index (χ0) is 19.9. The van der Waals surface area contributed by atoms with Gasteiger partial charge in [-0.15, -0.1) is 0 Å². The first kappa shape index (κ1) is 21.4. The molecule has 0 aliphatic heterocycles. The lowest BCUT2D eigenvalue weighted by Gasteiger charge is -2.30. The van der Waals surface area contributed by atoms with E-state index in [-0.39, 0.29) is 35.9 Å². The van der Waals surface area contributed by atoms with Crippen molar-refractivity contribution in [2.75, 3.05) is 13.2 Å². The van der Waals surface area contributed by atoms with E-state index in [0.717, 1.165) is 13.0 Å². The van der Waals surface area contributed by atoms with E-state index >= 15 is 0 Å². The van der Waals surface area contributed by atoms with Gasteiger partial charge >= 0.3 is 11.9 Å². The fourth-order valence-corrected chi connectivity index (χ4v) is 2.50. The first-order valence-electron chi connectivity index (χ1n) is 7.74. The molecule has 1 aromatic rings. The molecule has 0 atom stereocenters. The van der Waals surface area contributed by atoms with E-state index in [1.807, 2.05) is 0 Å². The summed E-state index contributed by atoms with van der Waals surface area (Å²) in [6.07, 6.45) is -0.388. The van der Waals surface area contributed by atoms with Crippen molar-refractivity contribution in [2.24, 2.45) is 0 Å². The molecular weight excluding hydrogens is 368 g/mol. The van der Waals surface area contributed by atoms with E-state index in [9.17, 15) is 24.5 Å². The Bertz CT molecular complexity index is 703. The third kappa shape index (κ3) is 4.92. The van der Waals surface area contributed by atoms with Crippen LogP contribution < -0.4 is 5.32 Å². The Balaban J connectivity index is 3.42. The molecule has 0 spiro atoms. The predicted octanol–water partition coefficient (Wildman–Crippen LogP) is 1.79. The number of hydrogen-bond acceptors (Lipinski definition) is 7. The summed E-state index contributed by atoms with van der Waals surface area (Å²) in [6, 6.07) is 3.57. The Labute approximate surface area is 154 Å². The molecular formula is C16H19ClN2O7. The number of benzene rings is 1. The molecule has 0 radical (unpaired) electrons. The van der Waals surface area contributed by atoms with Gasteiger partial charge in [-0.05, 0) is 19.4 Å². The lowest BCUT2D eigenvalue weighted by atomic mass is 9.90. The van der Waals surface area contributed by atoms with Crippen molar-refractivity contribution in [1.82, 2.24) is 5.32 Å². The molecule has 0 aliphatic rings. The molecule has 9 nitrogen and oxygen atoms in total. The van der Waals surface area contributed by atoms with E-state index in [1.165, 1.54) is 12.1 Å². The monoisotopic (exact) mass is 386 g/mol. The number of halogens is 1. The summed E-state index contributed by atoms with van der Waals surface area (Å²) >= 11 is 6.06. The lowest BCUT2D eigenvalue weighted by Crippen LogP contribution is -2.62. The highest BCUT2D eigenvalue weighted by molar-refractivity contribution is 6.31. The highest BCUT2D eigenvalue weighted by atomic mass is 35.5. The van der Waals surface area contributed by atoms with E-state index in [1.54, 1.807) is 13.8 Å². The molecule has 0 aromatic heterocycles. The number of nitrogens with one attached hydrogen (secondary N) is 1. The molecule has 1 N–H and O–H groups in total. The quantitative estimate of drug-likeness (QED) is 0.312. The molecule has 0 unspecified atom stereocenters. The molecule has 0 saturated heterocycles. The van der Waals surface area contributed by atoms with Crippen LogP contribution in [-0.4, -0.2) is 41.5 Å². The third-order valence-corrected chi connectivity index (χ3v) is 3.69. The topological polar surface area (TPSA) is 125 Å². The maximum absolute atomic E-state index is 12.5. The van der Waals surface area contributed by atoms with Crippen LogP contribution in [0.5, 0.6) is 0 Å². The minimum Gasteiger partial charge on any atom is -0.464 e. The molecule has 0 saturated carbocycles. The largest absolute Gasteiger partial charge is 0.464 e. The zero-order valence-corrected chi connectivity index (χ0v) is 15.3. The number of rotatable bonds is 8. The number of amides is 1. The van der Waals surface area contributed by atoms with Crippen molar-refractivity contribution in [2.45, 2.75) is 32.7 Å². The highest BCUT2D eigenvalue weighted by Gasteiger charge is 2.50. The molecule has 10 heteroatoms. The van der Waals surface area contributed by atoms with Gasteiger partial charge in [0, 0.05) is 25.5 Å². The van der Waals surface area contributed by atoms with Crippen LogP contribution in [-0.2, 0) is 30.3 Å². The SMILES string of the molecule is CCOC(=O)C(Cc1ccc([N+](=O)[O-])cc1Cl)(NC(C)=O)C(=O)OCC. The van der Waals surface area contributed by atoms with Gasteiger partial charge < -0.3 is 14.8 Å². The first-order chi connectivity index (χ1) is 12.2. The van der Waals surface area contributed by atoms with Crippen molar-refractivity contribution < 1.29 is 28.8 Å². The van der Waals surface area contributed by atoms with Crippen molar-refractivity contribution in [1.29, 1.82) is 0 Å². The number of carbonyl (C=O) groups excluding carboxylic acids is 3. The van der Waals surface area contributed by atoms with E-state index in [2.05, 4.69) is 5.32 Å². The third-order valence-electron chi connectivity index (χ3n) is 3.34. The van der Waals surface area contributed by atoms with E-state index < -0.39 is 28.3 Å². The first-order valence-corrected chi connectivity index (χ1v) is 8.11. The van der Waals surface area contributed by atoms with Crippen LogP contribution in [0.4, 0.5) is 5.69 Å². The molecule has 142 valence electrons. The maximum atomic E-state index is 12.5. The predicted molar refractivity (Wildman–Crippen MR) is 91.6 cm³/mol. The Kier molecular flexibility index (Phi) is 7.51. The normalized spacial score (nSPS) is 10.8. The maximum Gasteiger partial charge on any atom is 0.344 e. The molecule has 0 bridgehead atoms. The average molecular weight is 387 g/mol. The van der Waals surface area contributed by atoms with Gasteiger partial charge in [0.15, 0.2) is 0 Å². The molecule has 1 rings (SSSR count). The standard InChI is InChI=1S/C16H19ClN2O7/c1-4-25-14(21)16(18-10(3)20,15(22)26-5-2)9-11-6-7-12(19(23)24)8-13(11)17/h6-8H,4-5,9H2,1-3H3,(H,18,20). The van der Waals surface area contributed by atoms with Crippen LogP contribution in [0.2, 0.25) is 5.02 Å². The summed E-state index contributed by atoms with van der Waals surface area (Å²) in [4.78, 5) is 46.9. The number of non-ortho nitro benzene ring substituents is 1. The second-order valence-electron chi connectivity index (χ2n) is 5.24. The number of carbonyl (C=O) groups is 3. The average Bonchev–Trinajstić information content (AvgIpc) is 2.55. The fraction of sp³-hybridized carbons (Fsp3) is 0.438. The van der Waals surface area contributed by atoms with Gasteiger partial charge in [0.25, 0.3) is 5.69 Å².